The minimum absolute atomic E-state index is 0. The number of ether oxygens (including phenoxy) is 3. The van der Waals surface area contributed by atoms with Crippen molar-refractivity contribution in [1.29, 1.82) is 0 Å². The van der Waals surface area contributed by atoms with Crippen molar-refractivity contribution in [1.82, 2.24) is 5.32 Å². The highest BCUT2D eigenvalue weighted by Crippen LogP contribution is 2.49. The summed E-state index contributed by atoms with van der Waals surface area (Å²) in [5.74, 6) is 1.38. The van der Waals surface area contributed by atoms with Gasteiger partial charge in [0.25, 0.3) is 0 Å². The number of hydrogen-bond donors (Lipinski definition) is 2. The van der Waals surface area contributed by atoms with Gasteiger partial charge in [0.05, 0.1) is 19.3 Å². The first-order valence-corrected chi connectivity index (χ1v) is 10.3. The molecule has 2 aliphatic rings. The van der Waals surface area contributed by atoms with Crippen LogP contribution in [0.15, 0.2) is 18.2 Å². The van der Waals surface area contributed by atoms with E-state index in [2.05, 4.69) is 5.32 Å². The van der Waals surface area contributed by atoms with Crippen LogP contribution in [-0.2, 0) is 16.1 Å². The summed E-state index contributed by atoms with van der Waals surface area (Å²) in [6.45, 7) is 6.96. The number of methoxy groups -OCH3 is 1. The summed E-state index contributed by atoms with van der Waals surface area (Å²) in [6.07, 6.45) is 5.33. The van der Waals surface area contributed by atoms with Crippen molar-refractivity contribution >= 4 is 18.3 Å². The Morgan fingerprint density at radius 1 is 1.28 bits per heavy atom. The molecule has 1 aromatic rings. The van der Waals surface area contributed by atoms with Crippen LogP contribution in [0.4, 0.5) is 0 Å². The molecule has 2 atom stereocenters. The van der Waals surface area contributed by atoms with E-state index in [9.17, 15) is 4.79 Å². The Labute approximate surface area is 180 Å². The number of nitrogens with two attached hydrogens (primary N) is 1. The summed E-state index contributed by atoms with van der Waals surface area (Å²) in [4.78, 5) is 12.9. The fourth-order valence-electron chi connectivity index (χ4n) is 4.26. The van der Waals surface area contributed by atoms with Crippen molar-refractivity contribution in [3.05, 3.63) is 23.8 Å². The van der Waals surface area contributed by atoms with E-state index in [1.54, 1.807) is 7.11 Å². The SMILES string of the molecule is CCOC1CC(N)(C(=O)NCc2ccc(OC)cc2OC2CCCC2)C1(C)C.Cl. The molecule has 0 aromatic heterocycles. The topological polar surface area (TPSA) is 82.8 Å². The van der Waals surface area contributed by atoms with Crippen LogP contribution in [0.5, 0.6) is 11.5 Å². The predicted molar refractivity (Wildman–Crippen MR) is 116 cm³/mol. The van der Waals surface area contributed by atoms with Crippen molar-refractivity contribution in [2.75, 3.05) is 13.7 Å². The Bertz CT molecular complexity index is 706. The third-order valence-electron chi connectivity index (χ3n) is 6.54. The minimum atomic E-state index is -0.925. The van der Waals surface area contributed by atoms with E-state index in [1.807, 2.05) is 39.0 Å². The number of amides is 1. The van der Waals surface area contributed by atoms with E-state index < -0.39 is 11.0 Å². The van der Waals surface area contributed by atoms with E-state index in [1.165, 1.54) is 12.8 Å². The highest BCUT2D eigenvalue weighted by molar-refractivity contribution is 5.88. The van der Waals surface area contributed by atoms with E-state index in [0.29, 0.717) is 19.6 Å². The molecule has 0 spiro atoms. The molecule has 0 aliphatic heterocycles. The standard InChI is InChI=1S/C22H34N2O4.ClH/c1-5-27-19-13-22(23,21(19,2)3)20(25)24-14-15-10-11-17(26-4)12-18(15)28-16-8-6-7-9-16;/h10-12,16,19H,5-9,13-14,23H2,1-4H3,(H,24,25);1H. The molecule has 2 fully saturated rings. The molecule has 0 bridgehead atoms. The van der Waals surface area contributed by atoms with E-state index in [4.69, 9.17) is 19.9 Å². The molecule has 7 heteroatoms. The van der Waals surface area contributed by atoms with Gasteiger partial charge < -0.3 is 25.3 Å². The van der Waals surface area contributed by atoms with E-state index in [-0.39, 0.29) is 30.5 Å². The van der Waals surface area contributed by atoms with Gasteiger partial charge in [0.1, 0.15) is 17.0 Å². The molecule has 2 saturated carbocycles. The van der Waals surface area contributed by atoms with Gasteiger partial charge in [-0.05, 0) is 44.7 Å². The van der Waals surface area contributed by atoms with Crippen LogP contribution in [-0.4, -0.2) is 37.4 Å². The number of rotatable bonds is 8. The highest BCUT2D eigenvalue weighted by Gasteiger charge is 2.62. The quantitative estimate of drug-likeness (QED) is 0.663. The molecular formula is C22H35ClN2O4. The normalized spacial score (nSPS) is 25.6. The summed E-state index contributed by atoms with van der Waals surface area (Å²) >= 11 is 0. The average Bonchev–Trinajstić information content (AvgIpc) is 3.19. The monoisotopic (exact) mass is 426 g/mol. The van der Waals surface area contributed by atoms with Gasteiger partial charge in [0.15, 0.2) is 0 Å². The van der Waals surface area contributed by atoms with Crippen LogP contribution in [0.25, 0.3) is 0 Å². The smallest absolute Gasteiger partial charge is 0.241 e. The lowest BCUT2D eigenvalue weighted by molar-refractivity contribution is -0.170. The number of hydrogen-bond acceptors (Lipinski definition) is 5. The maximum Gasteiger partial charge on any atom is 0.241 e. The molecule has 2 aliphatic carbocycles. The number of benzene rings is 1. The summed E-state index contributed by atoms with van der Waals surface area (Å²) in [5.41, 5.74) is 6.08. The van der Waals surface area contributed by atoms with Crippen LogP contribution in [0.1, 0.15) is 58.4 Å². The fourth-order valence-corrected chi connectivity index (χ4v) is 4.26. The molecule has 3 rings (SSSR count). The number of nitrogens with one attached hydrogen (secondary N) is 1. The molecule has 3 N–H and O–H groups in total. The van der Waals surface area contributed by atoms with E-state index in [0.717, 1.165) is 29.9 Å². The molecule has 164 valence electrons. The first kappa shape index (κ1) is 23.8. The first-order valence-electron chi connectivity index (χ1n) is 10.3. The lowest BCUT2D eigenvalue weighted by Crippen LogP contribution is -2.75. The molecule has 6 nitrogen and oxygen atoms in total. The molecule has 0 radical (unpaired) electrons. The zero-order chi connectivity index (χ0) is 20.4. The maximum absolute atomic E-state index is 12.9. The number of carbonyl (C=O) groups is 1. The Kier molecular flexibility index (Phi) is 7.82. The van der Waals surface area contributed by atoms with Crippen LogP contribution < -0.4 is 20.5 Å². The second-order valence-electron chi connectivity index (χ2n) is 8.52. The largest absolute Gasteiger partial charge is 0.497 e. The van der Waals surface area contributed by atoms with Gasteiger partial charge in [-0.3, -0.25) is 4.79 Å². The second kappa shape index (κ2) is 9.54. The average molecular weight is 427 g/mol. The summed E-state index contributed by atoms with van der Waals surface area (Å²) in [7, 11) is 1.64. The van der Waals surface area contributed by atoms with Crippen molar-refractivity contribution in [3.8, 4) is 11.5 Å². The van der Waals surface area contributed by atoms with Crippen molar-refractivity contribution in [3.63, 3.8) is 0 Å². The Hall–Kier alpha value is -1.50. The Balaban J connectivity index is 0.00000300. The van der Waals surface area contributed by atoms with Gasteiger partial charge in [-0.1, -0.05) is 13.8 Å². The zero-order valence-corrected chi connectivity index (χ0v) is 18.8. The second-order valence-corrected chi connectivity index (χ2v) is 8.52. The molecule has 29 heavy (non-hydrogen) atoms. The molecule has 0 heterocycles. The number of carbonyl (C=O) groups excluding carboxylic acids is 1. The fraction of sp³-hybridized carbons (Fsp3) is 0.682. The highest BCUT2D eigenvalue weighted by atomic mass is 35.5. The third-order valence-corrected chi connectivity index (χ3v) is 6.54. The first-order chi connectivity index (χ1) is 13.3. The van der Waals surface area contributed by atoms with Gasteiger partial charge in [0, 0.05) is 36.6 Å². The van der Waals surface area contributed by atoms with Crippen LogP contribution >= 0.6 is 12.4 Å². The van der Waals surface area contributed by atoms with Gasteiger partial charge in [-0.25, -0.2) is 0 Å². The zero-order valence-electron chi connectivity index (χ0n) is 18.0. The summed E-state index contributed by atoms with van der Waals surface area (Å²) < 4.78 is 17.3. The molecule has 0 saturated heterocycles. The van der Waals surface area contributed by atoms with Gasteiger partial charge in [0.2, 0.25) is 5.91 Å². The number of halogens is 1. The van der Waals surface area contributed by atoms with Crippen molar-refractivity contribution in [2.24, 2.45) is 11.1 Å². The molecule has 1 aromatic carbocycles. The lowest BCUT2D eigenvalue weighted by atomic mass is 9.54. The maximum atomic E-state index is 12.9. The molecule has 1 amide bonds. The third kappa shape index (κ3) is 4.65. The van der Waals surface area contributed by atoms with Crippen LogP contribution in [0, 0.1) is 5.41 Å². The van der Waals surface area contributed by atoms with Crippen molar-refractivity contribution in [2.45, 2.75) is 77.2 Å². The van der Waals surface area contributed by atoms with E-state index >= 15 is 0 Å². The summed E-state index contributed by atoms with van der Waals surface area (Å²) in [5, 5.41) is 3.02. The Morgan fingerprint density at radius 3 is 2.55 bits per heavy atom. The predicted octanol–water partition coefficient (Wildman–Crippen LogP) is 3.59. The molecule has 2 unspecified atom stereocenters. The van der Waals surface area contributed by atoms with Gasteiger partial charge in [-0.2, -0.15) is 0 Å². The summed E-state index contributed by atoms with van der Waals surface area (Å²) in [6, 6.07) is 5.73. The Morgan fingerprint density at radius 2 is 1.97 bits per heavy atom. The van der Waals surface area contributed by atoms with Gasteiger partial charge in [-0.15, -0.1) is 12.4 Å². The minimum Gasteiger partial charge on any atom is -0.497 e. The van der Waals surface area contributed by atoms with Crippen LogP contribution in [0.2, 0.25) is 0 Å². The van der Waals surface area contributed by atoms with Crippen LogP contribution in [0.3, 0.4) is 0 Å². The van der Waals surface area contributed by atoms with Gasteiger partial charge >= 0.3 is 0 Å². The molecular weight excluding hydrogens is 392 g/mol. The van der Waals surface area contributed by atoms with Crippen molar-refractivity contribution < 1.29 is 19.0 Å². The lowest BCUT2D eigenvalue weighted by Gasteiger charge is -2.57.